The molecular formula is C12H10Br2N2. The molecule has 0 atom stereocenters. The molecule has 0 saturated heterocycles. The number of rotatable bonds is 3. The summed E-state index contributed by atoms with van der Waals surface area (Å²) >= 11 is 6.73. The van der Waals surface area contributed by atoms with Crippen LogP contribution in [0.4, 0.5) is 0 Å². The fraction of sp³-hybridized carbons (Fsp3) is 0.167. The Morgan fingerprint density at radius 1 is 0.750 bits per heavy atom. The Kier molecular flexibility index (Phi) is 4.07. The van der Waals surface area contributed by atoms with E-state index in [1.54, 1.807) is 0 Å². The highest BCUT2D eigenvalue weighted by atomic mass is 79.9. The number of hydrogen-bond acceptors (Lipinski definition) is 2. The van der Waals surface area contributed by atoms with E-state index in [1.807, 2.05) is 36.4 Å². The summed E-state index contributed by atoms with van der Waals surface area (Å²) in [4.78, 5) is 8.78. The van der Waals surface area contributed by atoms with Crippen molar-refractivity contribution in [3.05, 3.63) is 57.0 Å². The van der Waals surface area contributed by atoms with Crippen molar-refractivity contribution < 1.29 is 0 Å². The molecule has 0 radical (unpaired) electrons. The molecule has 0 spiro atoms. The maximum absolute atomic E-state index is 4.39. The van der Waals surface area contributed by atoms with Crippen LogP contribution < -0.4 is 0 Å². The van der Waals surface area contributed by atoms with Gasteiger partial charge in [-0.1, -0.05) is 12.1 Å². The molecule has 2 nitrogen and oxygen atoms in total. The first-order valence-electron chi connectivity index (χ1n) is 4.97. The molecule has 0 aliphatic rings. The second kappa shape index (κ2) is 5.55. The number of nitrogens with zero attached hydrogens (tertiary/aromatic N) is 2. The van der Waals surface area contributed by atoms with Crippen molar-refractivity contribution in [3.63, 3.8) is 0 Å². The Morgan fingerprint density at radius 2 is 1.19 bits per heavy atom. The van der Waals surface area contributed by atoms with Crippen LogP contribution >= 0.6 is 31.9 Å². The lowest BCUT2D eigenvalue weighted by atomic mass is 10.1. The van der Waals surface area contributed by atoms with Gasteiger partial charge in [-0.25, -0.2) is 9.97 Å². The van der Waals surface area contributed by atoms with Crippen LogP contribution in [0.5, 0.6) is 0 Å². The van der Waals surface area contributed by atoms with Crippen LogP contribution in [0.15, 0.2) is 45.6 Å². The van der Waals surface area contributed by atoms with E-state index in [2.05, 4.69) is 41.8 Å². The molecule has 0 bridgehead atoms. The topological polar surface area (TPSA) is 25.8 Å². The fourth-order valence-corrected chi connectivity index (χ4v) is 2.20. The van der Waals surface area contributed by atoms with Crippen LogP contribution in [-0.4, -0.2) is 9.97 Å². The van der Waals surface area contributed by atoms with E-state index in [-0.39, 0.29) is 0 Å². The lowest BCUT2D eigenvalue weighted by molar-refractivity contribution is 0.872. The quantitative estimate of drug-likeness (QED) is 0.794. The van der Waals surface area contributed by atoms with Gasteiger partial charge in [0.15, 0.2) is 0 Å². The third-order valence-electron chi connectivity index (χ3n) is 2.18. The molecule has 2 aromatic heterocycles. The SMILES string of the molecule is Brc1cccc(CCc2cccc(Br)n2)n1. The number of aryl methyl sites for hydroxylation is 2. The first-order chi connectivity index (χ1) is 7.74. The second-order valence-electron chi connectivity index (χ2n) is 3.40. The zero-order valence-electron chi connectivity index (χ0n) is 8.53. The van der Waals surface area contributed by atoms with Crippen LogP contribution in [0.2, 0.25) is 0 Å². The Morgan fingerprint density at radius 3 is 1.56 bits per heavy atom. The standard InChI is InChI=1S/C12H10Br2N2/c13-11-5-1-3-9(15-11)7-8-10-4-2-6-12(14)16-10/h1-6H,7-8H2. The zero-order chi connectivity index (χ0) is 11.4. The minimum atomic E-state index is 0.882. The minimum Gasteiger partial charge on any atom is -0.246 e. The number of aromatic nitrogens is 2. The smallest absolute Gasteiger partial charge is 0.106 e. The molecule has 82 valence electrons. The largest absolute Gasteiger partial charge is 0.246 e. The molecule has 0 aromatic carbocycles. The molecule has 0 amide bonds. The van der Waals surface area contributed by atoms with Gasteiger partial charge < -0.3 is 0 Å². The molecule has 16 heavy (non-hydrogen) atoms. The highest BCUT2D eigenvalue weighted by molar-refractivity contribution is 9.10. The van der Waals surface area contributed by atoms with E-state index in [0.29, 0.717) is 0 Å². The zero-order valence-corrected chi connectivity index (χ0v) is 11.7. The third-order valence-corrected chi connectivity index (χ3v) is 3.07. The maximum atomic E-state index is 4.39. The van der Waals surface area contributed by atoms with E-state index in [1.165, 1.54) is 0 Å². The highest BCUT2D eigenvalue weighted by Gasteiger charge is 1.99. The van der Waals surface area contributed by atoms with Gasteiger partial charge in [0.05, 0.1) is 0 Å². The number of hydrogen-bond donors (Lipinski definition) is 0. The van der Waals surface area contributed by atoms with Crippen LogP contribution in [0, 0.1) is 0 Å². The van der Waals surface area contributed by atoms with Crippen molar-refractivity contribution in [1.82, 2.24) is 9.97 Å². The molecular weight excluding hydrogens is 332 g/mol. The summed E-state index contributed by atoms with van der Waals surface area (Å²) < 4.78 is 1.76. The summed E-state index contributed by atoms with van der Waals surface area (Å²) in [6.45, 7) is 0. The van der Waals surface area contributed by atoms with Crippen molar-refractivity contribution in [2.24, 2.45) is 0 Å². The van der Waals surface area contributed by atoms with Gasteiger partial charge in [-0.05, 0) is 69.0 Å². The fourth-order valence-electron chi connectivity index (χ4n) is 1.44. The average molecular weight is 342 g/mol. The normalized spacial score (nSPS) is 10.4. The van der Waals surface area contributed by atoms with Crippen molar-refractivity contribution in [1.29, 1.82) is 0 Å². The number of pyridine rings is 2. The summed E-state index contributed by atoms with van der Waals surface area (Å²) in [6, 6.07) is 11.9. The van der Waals surface area contributed by atoms with Gasteiger partial charge in [0, 0.05) is 11.4 Å². The van der Waals surface area contributed by atoms with E-state index >= 15 is 0 Å². The van der Waals surface area contributed by atoms with E-state index in [9.17, 15) is 0 Å². The van der Waals surface area contributed by atoms with Gasteiger partial charge >= 0.3 is 0 Å². The molecule has 2 rings (SSSR count). The van der Waals surface area contributed by atoms with Gasteiger partial charge in [0.25, 0.3) is 0 Å². The summed E-state index contributed by atoms with van der Waals surface area (Å²) in [5.41, 5.74) is 2.16. The second-order valence-corrected chi connectivity index (χ2v) is 5.03. The molecule has 2 aromatic rings. The Hall–Kier alpha value is -0.740. The van der Waals surface area contributed by atoms with Crippen molar-refractivity contribution in [3.8, 4) is 0 Å². The van der Waals surface area contributed by atoms with Crippen LogP contribution in [-0.2, 0) is 12.8 Å². The Balaban J connectivity index is 2.02. The molecule has 2 heterocycles. The van der Waals surface area contributed by atoms with Gasteiger partial charge in [-0.15, -0.1) is 0 Å². The predicted molar refractivity (Wildman–Crippen MR) is 71.3 cm³/mol. The van der Waals surface area contributed by atoms with Crippen molar-refractivity contribution in [2.45, 2.75) is 12.8 Å². The summed E-state index contributed by atoms with van der Waals surface area (Å²) in [5.74, 6) is 0. The lowest BCUT2D eigenvalue weighted by Gasteiger charge is -2.01. The molecule has 0 N–H and O–H groups in total. The maximum Gasteiger partial charge on any atom is 0.106 e. The monoisotopic (exact) mass is 340 g/mol. The van der Waals surface area contributed by atoms with Gasteiger partial charge in [-0.2, -0.15) is 0 Å². The van der Waals surface area contributed by atoms with Gasteiger partial charge in [-0.3, -0.25) is 0 Å². The molecule has 4 heteroatoms. The molecule has 0 saturated carbocycles. The molecule has 0 aliphatic heterocycles. The molecule has 0 unspecified atom stereocenters. The Labute approximate surface area is 111 Å². The van der Waals surface area contributed by atoms with Crippen LogP contribution in [0.1, 0.15) is 11.4 Å². The predicted octanol–water partition coefficient (Wildman–Crippen LogP) is 3.79. The van der Waals surface area contributed by atoms with Gasteiger partial charge in [0.1, 0.15) is 9.21 Å². The third kappa shape index (κ3) is 3.39. The van der Waals surface area contributed by atoms with E-state index < -0.39 is 0 Å². The molecule has 0 aliphatic carbocycles. The first-order valence-corrected chi connectivity index (χ1v) is 6.55. The van der Waals surface area contributed by atoms with Gasteiger partial charge in [0.2, 0.25) is 0 Å². The van der Waals surface area contributed by atoms with Crippen molar-refractivity contribution in [2.75, 3.05) is 0 Å². The number of halogens is 2. The molecule has 0 fully saturated rings. The van der Waals surface area contributed by atoms with E-state index in [0.717, 1.165) is 33.4 Å². The van der Waals surface area contributed by atoms with Crippen molar-refractivity contribution >= 4 is 31.9 Å². The average Bonchev–Trinajstić information content (AvgIpc) is 2.27. The lowest BCUT2D eigenvalue weighted by Crippen LogP contribution is -1.96. The Bertz CT molecular complexity index is 440. The minimum absolute atomic E-state index is 0.882. The van der Waals surface area contributed by atoms with Crippen LogP contribution in [0.25, 0.3) is 0 Å². The summed E-state index contributed by atoms with van der Waals surface area (Å²) in [6.07, 6.45) is 1.81. The summed E-state index contributed by atoms with van der Waals surface area (Å²) in [5, 5.41) is 0. The van der Waals surface area contributed by atoms with E-state index in [4.69, 9.17) is 0 Å². The summed E-state index contributed by atoms with van der Waals surface area (Å²) in [7, 11) is 0. The first kappa shape index (κ1) is 11.7. The van der Waals surface area contributed by atoms with Crippen LogP contribution in [0.3, 0.4) is 0 Å². The highest BCUT2D eigenvalue weighted by Crippen LogP contribution is 2.10.